The second-order valence-corrected chi connectivity index (χ2v) is 3.77. The van der Waals surface area contributed by atoms with Gasteiger partial charge in [-0.05, 0) is 38.3 Å². The summed E-state index contributed by atoms with van der Waals surface area (Å²) < 4.78 is 0. The zero-order valence-corrected chi connectivity index (χ0v) is 8.74. The predicted octanol–water partition coefficient (Wildman–Crippen LogP) is 1.64. The smallest absolute Gasteiger partial charge is 0.0581 e. The topological polar surface area (TPSA) is 46.2 Å². The maximum atomic E-state index is 9.65. The van der Waals surface area contributed by atoms with E-state index < -0.39 is 0 Å². The summed E-state index contributed by atoms with van der Waals surface area (Å²) in [6.07, 6.45) is 2.18. The van der Waals surface area contributed by atoms with E-state index in [-0.39, 0.29) is 6.10 Å². The second-order valence-electron chi connectivity index (χ2n) is 3.77. The van der Waals surface area contributed by atoms with Crippen LogP contribution in [-0.4, -0.2) is 17.8 Å². The summed E-state index contributed by atoms with van der Waals surface area (Å²) in [5.74, 6) is 0. The fourth-order valence-electron chi connectivity index (χ4n) is 1.45. The van der Waals surface area contributed by atoms with Crippen molar-refractivity contribution in [2.24, 2.45) is 5.73 Å². The van der Waals surface area contributed by atoms with Crippen molar-refractivity contribution in [2.75, 3.05) is 6.54 Å². The summed E-state index contributed by atoms with van der Waals surface area (Å²) in [7, 11) is 0. The highest BCUT2D eigenvalue weighted by molar-refractivity contribution is 5.21. The summed E-state index contributed by atoms with van der Waals surface area (Å²) in [6, 6.07) is 8.29. The molecular weight excluding hydrogens is 174 g/mol. The Labute approximate surface area is 85.8 Å². The van der Waals surface area contributed by atoms with Crippen molar-refractivity contribution in [3.63, 3.8) is 0 Å². The Morgan fingerprint density at radius 1 is 1.29 bits per heavy atom. The molecule has 0 fully saturated rings. The van der Waals surface area contributed by atoms with Gasteiger partial charge in [0.1, 0.15) is 0 Å². The van der Waals surface area contributed by atoms with Gasteiger partial charge >= 0.3 is 0 Å². The van der Waals surface area contributed by atoms with E-state index in [2.05, 4.69) is 31.2 Å². The number of aliphatic hydroxyl groups excluding tert-OH is 1. The van der Waals surface area contributed by atoms with E-state index in [0.717, 1.165) is 19.3 Å². The molecule has 1 aromatic carbocycles. The van der Waals surface area contributed by atoms with Gasteiger partial charge in [0.15, 0.2) is 0 Å². The normalized spacial score (nSPS) is 12.8. The van der Waals surface area contributed by atoms with Gasteiger partial charge in [0.05, 0.1) is 6.10 Å². The van der Waals surface area contributed by atoms with Crippen LogP contribution in [0, 0.1) is 6.92 Å². The average molecular weight is 193 g/mol. The predicted molar refractivity (Wildman–Crippen MR) is 59.2 cm³/mol. The molecule has 1 rings (SSSR count). The first-order valence-corrected chi connectivity index (χ1v) is 5.16. The molecule has 0 aliphatic rings. The molecule has 1 unspecified atom stereocenters. The Morgan fingerprint density at radius 2 is 1.93 bits per heavy atom. The lowest BCUT2D eigenvalue weighted by Crippen LogP contribution is -2.12. The summed E-state index contributed by atoms with van der Waals surface area (Å²) >= 11 is 0. The lowest BCUT2D eigenvalue weighted by molar-refractivity contribution is 0.163. The van der Waals surface area contributed by atoms with Crippen LogP contribution in [0.4, 0.5) is 0 Å². The Bertz CT molecular complexity index is 256. The molecule has 3 N–H and O–H groups in total. The minimum atomic E-state index is -0.249. The van der Waals surface area contributed by atoms with Gasteiger partial charge in [-0.3, -0.25) is 0 Å². The Kier molecular flexibility index (Phi) is 4.63. The number of hydrogen-bond acceptors (Lipinski definition) is 2. The van der Waals surface area contributed by atoms with Crippen molar-refractivity contribution in [1.29, 1.82) is 0 Å². The van der Waals surface area contributed by atoms with Crippen LogP contribution in [0.15, 0.2) is 24.3 Å². The molecule has 14 heavy (non-hydrogen) atoms. The molecule has 78 valence electrons. The third-order valence-corrected chi connectivity index (χ3v) is 2.33. The molecule has 0 aliphatic carbocycles. The van der Waals surface area contributed by atoms with Crippen molar-refractivity contribution < 1.29 is 5.11 Å². The highest BCUT2D eigenvalue weighted by Crippen LogP contribution is 2.08. The van der Waals surface area contributed by atoms with Gasteiger partial charge in [0.2, 0.25) is 0 Å². The van der Waals surface area contributed by atoms with Crippen LogP contribution in [0.1, 0.15) is 24.0 Å². The van der Waals surface area contributed by atoms with Crippen LogP contribution in [0.25, 0.3) is 0 Å². The number of nitrogens with two attached hydrogens (primary N) is 1. The van der Waals surface area contributed by atoms with Gasteiger partial charge in [0.25, 0.3) is 0 Å². The van der Waals surface area contributed by atoms with Crippen molar-refractivity contribution >= 4 is 0 Å². The van der Waals surface area contributed by atoms with E-state index >= 15 is 0 Å². The van der Waals surface area contributed by atoms with Crippen LogP contribution in [-0.2, 0) is 6.42 Å². The third-order valence-electron chi connectivity index (χ3n) is 2.33. The quantitative estimate of drug-likeness (QED) is 0.746. The molecule has 0 saturated heterocycles. The first-order valence-electron chi connectivity index (χ1n) is 5.16. The molecule has 1 aromatic rings. The number of hydrogen-bond donors (Lipinski definition) is 2. The molecule has 2 heteroatoms. The molecule has 0 amide bonds. The third kappa shape index (κ3) is 3.90. The average Bonchev–Trinajstić information content (AvgIpc) is 2.18. The van der Waals surface area contributed by atoms with Crippen molar-refractivity contribution in [2.45, 2.75) is 32.3 Å². The fourth-order valence-corrected chi connectivity index (χ4v) is 1.45. The van der Waals surface area contributed by atoms with E-state index in [9.17, 15) is 5.11 Å². The zero-order chi connectivity index (χ0) is 10.4. The van der Waals surface area contributed by atoms with E-state index in [0.29, 0.717) is 6.54 Å². The van der Waals surface area contributed by atoms with Gasteiger partial charge < -0.3 is 10.8 Å². The minimum Gasteiger partial charge on any atom is -0.393 e. The van der Waals surface area contributed by atoms with E-state index in [4.69, 9.17) is 5.73 Å². The molecule has 0 radical (unpaired) electrons. The lowest BCUT2D eigenvalue weighted by atomic mass is 10.0. The van der Waals surface area contributed by atoms with Gasteiger partial charge in [0, 0.05) is 0 Å². The minimum absolute atomic E-state index is 0.249. The van der Waals surface area contributed by atoms with E-state index in [1.54, 1.807) is 0 Å². The molecule has 0 aromatic heterocycles. The van der Waals surface area contributed by atoms with Gasteiger partial charge in [-0.15, -0.1) is 0 Å². The second kappa shape index (κ2) is 5.78. The highest BCUT2D eigenvalue weighted by Gasteiger charge is 2.04. The molecular formula is C12H19NO. The summed E-state index contributed by atoms with van der Waals surface area (Å²) in [5.41, 5.74) is 7.83. The van der Waals surface area contributed by atoms with E-state index in [1.165, 1.54) is 11.1 Å². The number of aliphatic hydroxyl groups is 1. The summed E-state index contributed by atoms with van der Waals surface area (Å²) in [6.45, 7) is 2.72. The molecule has 0 spiro atoms. The van der Waals surface area contributed by atoms with Crippen LogP contribution < -0.4 is 5.73 Å². The number of benzene rings is 1. The molecule has 0 heterocycles. The summed E-state index contributed by atoms with van der Waals surface area (Å²) in [5, 5.41) is 9.65. The monoisotopic (exact) mass is 193 g/mol. The largest absolute Gasteiger partial charge is 0.393 e. The van der Waals surface area contributed by atoms with E-state index in [1.807, 2.05) is 0 Å². The van der Waals surface area contributed by atoms with Crippen molar-refractivity contribution in [1.82, 2.24) is 0 Å². The molecule has 2 nitrogen and oxygen atoms in total. The molecule has 0 aliphatic heterocycles. The van der Waals surface area contributed by atoms with Crippen LogP contribution in [0.2, 0.25) is 0 Å². The Balaban J connectivity index is 2.39. The first-order chi connectivity index (χ1) is 6.72. The molecule has 0 bridgehead atoms. The molecule has 1 atom stereocenters. The maximum Gasteiger partial charge on any atom is 0.0581 e. The van der Waals surface area contributed by atoms with Crippen LogP contribution in [0.3, 0.4) is 0 Å². The van der Waals surface area contributed by atoms with Crippen molar-refractivity contribution in [3.05, 3.63) is 35.4 Å². The van der Waals surface area contributed by atoms with Gasteiger partial charge in [-0.2, -0.15) is 0 Å². The summed E-state index contributed by atoms with van der Waals surface area (Å²) in [4.78, 5) is 0. The highest BCUT2D eigenvalue weighted by atomic mass is 16.3. The lowest BCUT2D eigenvalue weighted by Gasteiger charge is -2.09. The van der Waals surface area contributed by atoms with Crippen LogP contribution in [0.5, 0.6) is 0 Å². The standard InChI is InChI=1S/C12H19NO/c1-10-4-6-11(7-5-10)9-12(14)3-2-8-13/h4-7,12,14H,2-3,8-9,13H2,1H3. The SMILES string of the molecule is Cc1ccc(CC(O)CCCN)cc1. The number of rotatable bonds is 5. The number of aryl methyl sites for hydroxylation is 1. The Hall–Kier alpha value is -0.860. The van der Waals surface area contributed by atoms with Crippen molar-refractivity contribution in [3.8, 4) is 0 Å². The van der Waals surface area contributed by atoms with Crippen LogP contribution >= 0.6 is 0 Å². The Morgan fingerprint density at radius 3 is 2.50 bits per heavy atom. The molecule has 0 saturated carbocycles. The maximum absolute atomic E-state index is 9.65. The zero-order valence-electron chi connectivity index (χ0n) is 8.74. The first kappa shape index (κ1) is 11.2. The fraction of sp³-hybridized carbons (Fsp3) is 0.500. The van der Waals surface area contributed by atoms with Gasteiger partial charge in [-0.25, -0.2) is 0 Å². The van der Waals surface area contributed by atoms with Gasteiger partial charge in [-0.1, -0.05) is 29.8 Å².